The minimum atomic E-state index is 0.0979. The summed E-state index contributed by atoms with van der Waals surface area (Å²) in [6, 6.07) is 1.95. The Bertz CT molecular complexity index is 385. The van der Waals surface area contributed by atoms with Crippen molar-refractivity contribution in [2.45, 2.75) is 41.0 Å². The van der Waals surface area contributed by atoms with Crippen LogP contribution in [0.3, 0.4) is 0 Å². The van der Waals surface area contributed by atoms with Crippen molar-refractivity contribution in [3.63, 3.8) is 0 Å². The maximum Gasteiger partial charge on any atom is 0.189 e. The Morgan fingerprint density at radius 1 is 1.35 bits per heavy atom. The van der Waals surface area contributed by atoms with Crippen LogP contribution < -0.4 is 0 Å². The van der Waals surface area contributed by atoms with Crippen LogP contribution in [0.5, 0.6) is 0 Å². The van der Waals surface area contributed by atoms with Gasteiger partial charge in [-0.2, -0.15) is 0 Å². The number of hydrogen-bond acceptors (Lipinski definition) is 3. The van der Waals surface area contributed by atoms with Crippen LogP contribution >= 0.6 is 11.3 Å². The smallest absolute Gasteiger partial charge is 0.189 e. The number of rotatable bonds is 5. The maximum atomic E-state index is 11.9. The summed E-state index contributed by atoms with van der Waals surface area (Å²) in [6.45, 7) is 11.4. The van der Waals surface area contributed by atoms with E-state index in [1.54, 1.807) is 11.3 Å². The number of ketones is 1. The van der Waals surface area contributed by atoms with Gasteiger partial charge < -0.3 is 4.74 Å². The van der Waals surface area contributed by atoms with E-state index in [4.69, 9.17) is 4.74 Å². The van der Waals surface area contributed by atoms with Crippen molar-refractivity contribution in [1.82, 2.24) is 0 Å². The van der Waals surface area contributed by atoms with Crippen LogP contribution in [0.4, 0.5) is 0 Å². The molecule has 0 atom stereocenters. The molecule has 0 aliphatic heterocycles. The van der Waals surface area contributed by atoms with E-state index in [0.717, 1.165) is 16.9 Å². The summed E-state index contributed by atoms with van der Waals surface area (Å²) in [5.74, 6) is 0.0979. The van der Waals surface area contributed by atoms with Gasteiger partial charge in [0.15, 0.2) is 5.78 Å². The second-order valence-electron chi connectivity index (χ2n) is 5.61. The normalized spacial score (nSPS) is 11.8. The van der Waals surface area contributed by atoms with Gasteiger partial charge in [-0.15, -0.1) is 11.3 Å². The largest absolute Gasteiger partial charge is 0.373 e. The third-order valence-electron chi connectivity index (χ3n) is 2.57. The van der Waals surface area contributed by atoms with Crippen molar-refractivity contribution >= 4 is 17.1 Å². The van der Waals surface area contributed by atoms with Gasteiger partial charge in [0.1, 0.15) is 6.61 Å². The summed E-state index contributed by atoms with van der Waals surface area (Å²) in [5.41, 5.74) is 1.08. The first-order valence-corrected chi connectivity index (χ1v) is 6.79. The predicted molar refractivity (Wildman–Crippen MR) is 73.0 cm³/mol. The fourth-order valence-electron chi connectivity index (χ4n) is 1.53. The lowest BCUT2D eigenvalue weighted by molar-refractivity contribution is 0.0705. The van der Waals surface area contributed by atoms with E-state index < -0.39 is 0 Å². The summed E-state index contributed by atoms with van der Waals surface area (Å²) in [6.07, 6.45) is 0.974. The molecule has 0 aliphatic rings. The van der Waals surface area contributed by atoms with Crippen molar-refractivity contribution in [3.05, 3.63) is 21.4 Å². The molecule has 0 fully saturated rings. The van der Waals surface area contributed by atoms with Gasteiger partial charge in [0.2, 0.25) is 0 Å². The summed E-state index contributed by atoms with van der Waals surface area (Å²) in [4.78, 5) is 14.2. The van der Waals surface area contributed by atoms with Gasteiger partial charge in [0.25, 0.3) is 0 Å². The van der Waals surface area contributed by atoms with Crippen LogP contribution in [0.1, 0.15) is 47.3 Å². The maximum absolute atomic E-state index is 11.9. The van der Waals surface area contributed by atoms with Crippen molar-refractivity contribution in [1.29, 1.82) is 0 Å². The molecule has 0 radical (unpaired) electrons. The zero-order chi connectivity index (χ0) is 13.1. The Balaban J connectivity index is 2.38. The molecule has 0 aromatic carbocycles. The second-order valence-corrected chi connectivity index (χ2v) is 7.07. The average Bonchev–Trinajstić information content (AvgIpc) is 2.51. The SMILES string of the molecule is Cc1cc(C(=O)COCCC(C)(C)C)c(C)s1. The van der Waals surface area contributed by atoms with Crippen molar-refractivity contribution in [2.24, 2.45) is 5.41 Å². The van der Waals surface area contributed by atoms with E-state index in [1.165, 1.54) is 4.88 Å². The molecule has 0 saturated heterocycles. The molecule has 1 aromatic rings. The third kappa shape index (κ3) is 5.00. The summed E-state index contributed by atoms with van der Waals surface area (Å²) in [5, 5.41) is 0. The van der Waals surface area contributed by atoms with Crippen molar-refractivity contribution < 1.29 is 9.53 Å². The molecule has 96 valence electrons. The second kappa shape index (κ2) is 5.78. The molecule has 0 unspecified atom stereocenters. The quantitative estimate of drug-likeness (QED) is 0.586. The first-order chi connectivity index (χ1) is 7.79. The van der Waals surface area contributed by atoms with E-state index >= 15 is 0 Å². The lowest BCUT2D eigenvalue weighted by atomic mass is 9.93. The molecule has 3 heteroatoms. The Morgan fingerprint density at radius 3 is 2.47 bits per heavy atom. The first kappa shape index (κ1) is 14.4. The number of hydrogen-bond donors (Lipinski definition) is 0. The van der Waals surface area contributed by atoms with E-state index in [0.29, 0.717) is 6.61 Å². The molecule has 17 heavy (non-hydrogen) atoms. The molecule has 0 spiro atoms. The molecule has 0 saturated carbocycles. The minimum absolute atomic E-state index is 0.0979. The fourth-order valence-corrected chi connectivity index (χ4v) is 2.47. The Morgan fingerprint density at radius 2 is 2.00 bits per heavy atom. The van der Waals surface area contributed by atoms with Gasteiger partial charge in [0.05, 0.1) is 0 Å². The van der Waals surface area contributed by atoms with E-state index in [-0.39, 0.29) is 17.8 Å². The van der Waals surface area contributed by atoms with Gasteiger partial charge in [0, 0.05) is 21.9 Å². The van der Waals surface area contributed by atoms with Crippen LogP contribution in [0, 0.1) is 19.3 Å². The topological polar surface area (TPSA) is 26.3 Å². The molecule has 1 aromatic heterocycles. The van der Waals surface area contributed by atoms with E-state index in [2.05, 4.69) is 20.8 Å². The highest BCUT2D eigenvalue weighted by Gasteiger charge is 2.13. The van der Waals surface area contributed by atoms with Crippen LogP contribution in [-0.4, -0.2) is 19.0 Å². The van der Waals surface area contributed by atoms with Crippen LogP contribution in [0.2, 0.25) is 0 Å². The van der Waals surface area contributed by atoms with Gasteiger partial charge in [-0.1, -0.05) is 20.8 Å². The third-order valence-corrected chi connectivity index (χ3v) is 3.54. The standard InChI is InChI=1S/C14H22O2S/c1-10-8-12(11(2)17-10)13(15)9-16-7-6-14(3,4)5/h8H,6-7,9H2,1-5H3. The van der Waals surface area contributed by atoms with Crippen LogP contribution in [0.25, 0.3) is 0 Å². The zero-order valence-corrected chi connectivity index (χ0v) is 12.2. The predicted octanol–water partition coefficient (Wildman–Crippen LogP) is 4.00. The highest BCUT2D eigenvalue weighted by molar-refractivity contribution is 7.12. The van der Waals surface area contributed by atoms with Gasteiger partial charge >= 0.3 is 0 Å². The lowest BCUT2D eigenvalue weighted by Crippen LogP contribution is -2.14. The Hall–Kier alpha value is -0.670. The van der Waals surface area contributed by atoms with Gasteiger partial charge in [-0.05, 0) is 31.7 Å². The minimum Gasteiger partial charge on any atom is -0.373 e. The van der Waals surface area contributed by atoms with E-state index in [9.17, 15) is 4.79 Å². The number of ether oxygens (including phenoxy) is 1. The molecule has 2 nitrogen and oxygen atoms in total. The highest BCUT2D eigenvalue weighted by Crippen LogP contribution is 2.21. The van der Waals surface area contributed by atoms with Gasteiger partial charge in [-0.25, -0.2) is 0 Å². The number of carbonyl (C=O) groups excluding carboxylic acids is 1. The Labute approximate surface area is 108 Å². The first-order valence-electron chi connectivity index (χ1n) is 5.97. The number of carbonyl (C=O) groups is 1. The summed E-state index contributed by atoms with van der Waals surface area (Å²) < 4.78 is 5.45. The van der Waals surface area contributed by atoms with Crippen molar-refractivity contribution in [3.8, 4) is 0 Å². The van der Waals surface area contributed by atoms with E-state index in [1.807, 2.05) is 19.9 Å². The number of Topliss-reactive ketones (excluding diaryl/α,β-unsaturated/α-hetero) is 1. The van der Waals surface area contributed by atoms with Crippen LogP contribution in [0.15, 0.2) is 6.07 Å². The fraction of sp³-hybridized carbons (Fsp3) is 0.643. The highest BCUT2D eigenvalue weighted by atomic mass is 32.1. The number of aryl methyl sites for hydroxylation is 2. The molecule has 0 aliphatic carbocycles. The van der Waals surface area contributed by atoms with Crippen LogP contribution in [-0.2, 0) is 4.74 Å². The lowest BCUT2D eigenvalue weighted by Gasteiger charge is -2.17. The Kier molecular flexibility index (Phi) is 4.90. The molecular formula is C14H22O2S. The molecular weight excluding hydrogens is 232 g/mol. The van der Waals surface area contributed by atoms with Gasteiger partial charge in [-0.3, -0.25) is 4.79 Å². The monoisotopic (exact) mass is 254 g/mol. The average molecular weight is 254 g/mol. The molecule has 0 bridgehead atoms. The summed E-state index contributed by atoms with van der Waals surface area (Å²) >= 11 is 1.66. The molecule has 1 heterocycles. The molecule has 0 amide bonds. The molecule has 0 N–H and O–H groups in total. The van der Waals surface area contributed by atoms with Crippen molar-refractivity contribution in [2.75, 3.05) is 13.2 Å². The molecule has 1 rings (SSSR count). The zero-order valence-electron chi connectivity index (χ0n) is 11.4. The number of thiophene rings is 1. The summed E-state index contributed by atoms with van der Waals surface area (Å²) in [7, 11) is 0.